The number of carbonyl (C=O) groups excluding carboxylic acids is 2. The maximum Gasteiger partial charge on any atom is 0.379 e. The SMILES string of the molecule is CCOC(=O)C(=O)c1ccc(N2CCCCC2)c(Br)c1. The zero-order valence-corrected chi connectivity index (χ0v) is 13.1. The molecular weight excluding hydrogens is 322 g/mol. The number of esters is 1. The second kappa shape index (κ2) is 6.88. The van der Waals surface area contributed by atoms with Crippen molar-refractivity contribution in [2.45, 2.75) is 26.2 Å². The van der Waals surface area contributed by atoms with E-state index in [1.807, 2.05) is 6.07 Å². The molecule has 4 nitrogen and oxygen atoms in total. The number of hydrogen-bond acceptors (Lipinski definition) is 4. The van der Waals surface area contributed by atoms with Crippen LogP contribution in [0.2, 0.25) is 0 Å². The van der Waals surface area contributed by atoms with Gasteiger partial charge < -0.3 is 9.64 Å². The zero-order valence-electron chi connectivity index (χ0n) is 11.5. The van der Waals surface area contributed by atoms with Gasteiger partial charge in [-0.15, -0.1) is 0 Å². The summed E-state index contributed by atoms with van der Waals surface area (Å²) in [5.41, 5.74) is 1.43. The van der Waals surface area contributed by atoms with E-state index in [0.29, 0.717) is 5.56 Å². The Hall–Kier alpha value is -1.36. The zero-order chi connectivity index (χ0) is 14.5. The fourth-order valence-corrected chi connectivity index (χ4v) is 2.98. The van der Waals surface area contributed by atoms with Crippen LogP contribution in [0.25, 0.3) is 0 Å². The highest BCUT2D eigenvalue weighted by molar-refractivity contribution is 9.10. The fraction of sp³-hybridized carbons (Fsp3) is 0.467. The van der Waals surface area contributed by atoms with Crippen molar-refractivity contribution >= 4 is 33.4 Å². The highest BCUT2D eigenvalue weighted by atomic mass is 79.9. The van der Waals surface area contributed by atoms with Crippen LogP contribution in [0.15, 0.2) is 22.7 Å². The van der Waals surface area contributed by atoms with E-state index in [1.54, 1.807) is 19.1 Å². The fourth-order valence-electron chi connectivity index (χ4n) is 2.35. The summed E-state index contributed by atoms with van der Waals surface area (Å²) in [7, 11) is 0. The van der Waals surface area contributed by atoms with Gasteiger partial charge in [-0.25, -0.2) is 4.79 Å². The van der Waals surface area contributed by atoms with Crippen LogP contribution in [0.5, 0.6) is 0 Å². The Morgan fingerprint density at radius 3 is 2.55 bits per heavy atom. The predicted molar refractivity (Wildman–Crippen MR) is 81.2 cm³/mol. The molecule has 2 rings (SSSR count). The molecule has 1 saturated heterocycles. The maximum absolute atomic E-state index is 11.9. The number of benzene rings is 1. The predicted octanol–water partition coefficient (Wildman–Crippen LogP) is 3.19. The highest BCUT2D eigenvalue weighted by Crippen LogP contribution is 2.29. The Bertz CT molecular complexity index is 510. The third-order valence-corrected chi connectivity index (χ3v) is 4.00. The molecule has 0 aliphatic carbocycles. The molecule has 0 amide bonds. The number of halogens is 1. The minimum absolute atomic E-state index is 0.206. The molecule has 0 bridgehead atoms. The van der Waals surface area contributed by atoms with Crippen LogP contribution in [0.3, 0.4) is 0 Å². The molecule has 5 heteroatoms. The summed E-state index contributed by atoms with van der Waals surface area (Å²) in [5.74, 6) is -1.40. The summed E-state index contributed by atoms with van der Waals surface area (Å²) in [5, 5.41) is 0. The molecule has 1 aromatic rings. The number of carbonyl (C=O) groups is 2. The van der Waals surface area contributed by atoms with Gasteiger partial charge in [0.2, 0.25) is 0 Å². The number of nitrogens with zero attached hydrogens (tertiary/aromatic N) is 1. The van der Waals surface area contributed by atoms with E-state index in [2.05, 4.69) is 20.8 Å². The van der Waals surface area contributed by atoms with Crippen molar-refractivity contribution in [1.29, 1.82) is 0 Å². The van der Waals surface area contributed by atoms with E-state index in [4.69, 9.17) is 4.74 Å². The van der Waals surface area contributed by atoms with Crippen LogP contribution < -0.4 is 4.90 Å². The molecule has 1 fully saturated rings. The van der Waals surface area contributed by atoms with Crippen molar-refractivity contribution in [3.8, 4) is 0 Å². The van der Waals surface area contributed by atoms with Crippen LogP contribution in [0, 0.1) is 0 Å². The van der Waals surface area contributed by atoms with Crippen LogP contribution in [0.4, 0.5) is 5.69 Å². The number of hydrogen-bond donors (Lipinski definition) is 0. The lowest BCUT2D eigenvalue weighted by atomic mass is 10.1. The van der Waals surface area contributed by atoms with Gasteiger partial charge in [-0.3, -0.25) is 4.79 Å². The molecule has 0 radical (unpaired) electrons. The van der Waals surface area contributed by atoms with E-state index in [9.17, 15) is 9.59 Å². The summed E-state index contributed by atoms with van der Waals surface area (Å²) >= 11 is 3.49. The quantitative estimate of drug-likeness (QED) is 0.480. The van der Waals surface area contributed by atoms with Gasteiger partial charge in [0.25, 0.3) is 5.78 Å². The van der Waals surface area contributed by atoms with Crippen molar-refractivity contribution in [3.05, 3.63) is 28.2 Å². The average Bonchev–Trinajstić information content (AvgIpc) is 2.47. The van der Waals surface area contributed by atoms with Crippen molar-refractivity contribution < 1.29 is 14.3 Å². The van der Waals surface area contributed by atoms with Crippen LogP contribution in [0.1, 0.15) is 36.5 Å². The molecule has 1 heterocycles. The van der Waals surface area contributed by atoms with Crippen LogP contribution >= 0.6 is 15.9 Å². The largest absolute Gasteiger partial charge is 0.460 e. The summed E-state index contributed by atoms with van der Waals surface area (Å²) in [4.78, 5) is 25.6. The number of piperidine rings is 1. The third kappa shape index (κ3) is 3.39. The lowest BCUT2D eigenvalue weighted by Crippen LogP contribution is -2.29. The molecule has 0 N–H and O–H groups in total. The van der Waals surface area contributed by atoms with Crippen molar-refractivity contribution in [2.75, 3.05) is 24.6 Å². The number of rotatable bonds is 4. The lowest BCUT2D eigenvalue weighted by Gasteiger charge is -2.29. The van der Waals surface area contributed by atoms with Crippen molar-refractivity contribution in [3.63, 3.8) is 0 Å². The van der Waals surface area contributed by atoms with Gasteiger partial charge in [0.15, 0.2) is 0 Å². The molecule has 1 aliphatic rings. The summed E-state index contributed by atoms with van der Waals surface area (Å²) < 4.78 is 5.57. The third-order valence-electron chi connectivity index (χ3n) is 3.37. The molecular formula is C15H18BrNO3. The molecule has 0 spiro atoms. The smallest absolute Gasteiger partial charge is 0.379 e. The first-order valence-corrected chi connectivity index (χ1v) is 7.68. The molecule has 0 aromatic heterocycles. The molecule has 108 valence electrons. The molecule has 1 aromatic carbocycles. The summed E-state index contributed by atoms with van der Waals surface area (Å²) in [6, 6.07) is 5.28. The van der Waals surface area contributed by atoms with E-state index < -0.39 is 11.8 Å². The lowest BCUT2D eigenvalue weighted by molar-refractivity contribution is -0.137. The standard InChI is InChI=1S/C15H18BrNO3/c1-2-20-15(19)14(18)11-6-7-13(12(16)10-11)17-8-4-3-5-9-17/h6-7,10H,2-5,8-9H2,1H3. The van der Waals surface area contributed by atoms with Gasteiger partial charge >= 0.3 is 5.97 Å². The number of anilines is 1. The van der Waals surface area contributed by atoms with E-state index in [0.717, 1.165) is 23.2 Å². The second-order valence-electron chi connectivity index (χ2n) is 4.76. The Morgan fingerprint density at radius 2 is 1.95 bits per heavy atom. The molecule has 1 aliphatic heterocycles. The number of Topliss-reactive ketones (excluding diaryl/α,β-unsaturated/α-hetero) is 1. The first kappa shape index (κ1) is 15.0. The maximum atomic E-state index is 11.9. The van der Waals surface area contributed by atoms with E-state index in [-0.39, 0.29) is 6.61 Å². The minimum atomic E-state index is -0.801. The van der Waals surface area contributed by atoms with Gasteiger partial charge in [0.05, 0.1) is 12.3 Å². The summed E-state index contributed by atoms with van der Waals surface area (Å²) in [6.07, 6.45) is 3.65. The Kier molecular flexibility index (Phi) is 5.17. The van der Waals surface area contributed by atoms with Gasteiger partial charge in [0.1, 0.15) is 0 Å². The van der Waals surface area contributed by atoms with Gasteiger partial charge in [-0.05, 0) is 60.3 Å². The van der Waals surface area contributed by atoms with Gasteiger partial charge in [-0.2, -0.15) is 0 Å². The van der Waals surface area contributed by atoms with E-state index in [1.165, 1.54) is 19.3 Å². The Labute approximate surface area is 127 Å². The normalized spacial score (nSPS) is 15.0. The summed E-state index contributed by atoms with van der Waals surface area (Å²) in [6.45, 7) is 3.95. The monoisotopic (exact) mass is 339 g/mol. The van der Waals surface area contributed by atoms with E-state index >= 15 is 0 Å². The average molecular weight is 340 g/mol. The first-order valence-electron chi connectivity index (χ1n) is 6.89. The van der Waals surface area contributed by atoms with Gasteiger partial charge in [0, 0.05) is 23.1 Å². The minimum Gasteiger partial charge on any atom is -0.460 e. The Balaban J connectivity index is 2.16. The van der Waals surface area contributed by atoms with Crippen LogP contribution in [-0.2, 0) is 9.53 Å². The molecule has 0 unspecified atom stereocenters. The molecule has 20 heavy (non-hydrogen) atoms. The van der Waals surface area contributed by atoms with Crippen LogP contribution in [-0.4, -0.2) is 31.4 Å². The number of ketones is 1. The highest BCUT2D eigenvalue weighted by Gasteiger charge is 2.20. The van der Waals surface area contributed by atoms with Gasteiger partial charge in [-0.1, -0.05) is 0 Å². The second-order valence-corrected chi connectivity index (χ2v) is 5.62. The van der Waals surface area contributed by atoms with Crippen molar-refractivity contribution in [1.82, 2.24) is 0 Å². The molecule has 0 atom stereocenters. The van der Waals surface area contributed by atoms with Crippen molar-refractivity contribution in [2.24, 2.45) is 0 Å². The Morgan fingerprint density at radius 1 is 1.25 bits per heavy atom. The first-order chi connectivity index (χ1) is 9.63. The molecule has 0 saturated carbocycles. The topological polar surface area (TPSA) is 46.6 Å². The number of ether oxygens (including phenoxy) is 1.